The number of nitrogens with one attached hydrogen (secondary N) is 1. The van der Waals surface area contributed by atoms with Crippen LogP contribution in [0.3, 0.4) is 0 Å². The van der Waals surface area contributed by atoms with Gasteiger partial charge in [0, 0.05) is 5.56 Å². The van der Waals surface area contributed by atoms with Crippen LogP contribution < -0.4 is 5.32 Å². The number of carbonyl (C=O) groups is 1. The second-order valence-corrected chi connectivity index (χ2v) is 5.28. The summed E-state index contributed by atoms with van der Waals surface area (Å²) in [5.74, 6) is -2.67. The smallest absolute Gasteiger partial charge is 0.258 e. The van der Waals surface area contributed by atoms with E-state index in [0.29, 0.717) is 18.8 Å². The van der Waals surface area contributed by atoms with Crippen molar-refractivity contribution in [3.8, 4) is 5.75 Å². The number of aromatic hydroxyl groups is 1. The molecule has 0 radical (unpaired) electrons. The molecular formula is C17H15F2NO4. The average Bonchev–Trinajstić information content (AvgIpc) is 2.59. The Kier molecular flexibility index (Phi) is 4.73. The highest BCUT2D eigenvalue weighted by Crippen LogP contribution is 2.31. The van der Waals surface area contributed by atoms with Crippen LogP contribution in [0.4, 0.5) is 14.5 Å². The molecule has 2 N–H and O–H groups in total. The zero-order valence-corrected chi connectivity index (χ0v) is 12.6. The number of amides is 1. The Labute approximate surface area is 136 Å². The summed E-state index contributed by atoms with van der Waals surface area (Å²) in [6, 6.07) is 7.02. The molecule has 0 unspecified atom stereocenters. The number of phenolic OH excluding ortho intramolecular Hbond substituents is 1. The molecule has 2 aromatic rings. The van der Waals surface area contributed by atoms with Gasteiger partial charge in [-0.05, 0) is 36.8 Å². The van der Waals surface area contributed by atoms with E-state index in [4.69, 9.17) is 9.47 Å². The van der Waals surface area contributed by atoms with Crippen molar-refractivity contribution in [2.75, 3.05) is 18.5 Å². The third kappa shape index (κ3) is 3.52. The van der Waals surface area contributed by atoms with Gasteiger partial charge < -0.3 is 19.9 Å². The van der Waals surface area contributed by atoms with Gasteiger partial charge in [-0.3, -0.25) is 4.79 Å². The van der Waals surface area contributed by atoms with Gasteiger partial charge in [-0.15, -0.1) is 0 Å². The fraction of sp³-hybridized carbons (Fsp3) is 0.235. The first-order chi connectivity index (χ1) is 11.5. The van der Waals surface area contributed by atoms with Gasteiger partial charge in [0.2, 0.25) is 0 Å². The molecule has 0 bridgehead atoms. The van der Waals surface area contributed by atoms with Crippen LogP contribution in [0.1, 0.15) is 28.6 Å². The van der Waals surface area contributed by atoms with Gasteiger partial charge in [-0.1, -0.05) is 6.07 Å². The van der Waals surface area contributed by atoms with E-state index in [1.807, 2.05) is 0 Å². The van der Waals surface area contributed by atoms with E-state index in [1.165, 1.54) is 12.1 Å². The van der Waals surface area contributed by atoms with Gasteiger partial charge in [-0.2, -0.15) is 0 Å². The predicted octanol–water partition coefficient (Wildman–Crippen LogP) is 3.36. The van der Waals surface area contributed by atoms with Crippen molar-refractivity contribution in [2.24, 2.45) is 0 Å². The molecule has 2 aromatic carbocycles. The van der Waals surface area contributed by atoms with Crippen LogP contribution in [0.5, 0.6) is 5.75 Å². The lowest BCUT2D eigenvalue weighted by Gasteiger charge is -2.24. The van der Waals surface area contributed by atoms with Crippen LogP contribution in [0, 0.1) is 11.6 Å². The monoisotopic (exact) mass is 335 g/mol. The lowest BCUT2D eigenvalue weighted by Crippen LogP contribution is -2.18. The lowest BCUT2D eigenvalue weighted by atomic mass is 10.1. The van der Waals surface area contributed by atoms with E-state index in [-0.39, 0.29) is 11.4 Å². The molecule has 1 saturated heterocycles. The first kappa shape index (κ1) is 16.4. The summed E-state index contributed by atoms with van der Waals surface area (Å²) in [7, 11) is 0. The molecule has 1 aliphatic heterocycles. The normalized spacial score (nSPS) is 15.2. The molecular weight excluding hydrogens is 320 g/mol. The Morgan fingerprint density at radius 1 is 1.12 bits per heavy atom. The predicted molar refractivity (Wildman–Crippen MR) is 81.7 cm³/mol. The van der Waals surface area contributed by atoms with Crippen LogP contribution in [-0.2, 0) is 9.47 Å². The first-order valence-corrected chi connectivity index (χ1v) is 7.37. The van der Waals surface area contributed by atoms with Crippen molar-refractivity contribution >= 4 is 11.6 Å². The van der Waals surface area contributed by atoms with E-state index >= 15 is 0 Å². The van der Waals surface area contributed by atoms with Crippen molar-refractivity contribution in [1.82, 2.24) is 0 Å². The Balaban J connectivity index is 1.83. The molecule has 1 aliphatic rings. The van der Waals surface area contributed by atoms with Crippen molar-refractivity contribution in [1.29, 1.82) is 0 Å². The summed E-state index contributed by atoms with van der Waals surface area (Å²) in [5.41, 5.74) is 0.200. The van der Waals surface area contributed by atoms with E-state index in [2.05, 4.69) is 5.32 Å². The molecule has 1 fully saturated rings. The number of benzene rings is 2. The van der Waals surface area contributed by atoms with Crippen molar-refractivity contribution in [3.63, 3.8) is 0 Å². The van der Waals surface area contributed by atoms with Gasteiger partial charge in [0.1, 0.15) is 17.4 Å². The largest absolute Gasteiger partial charge is 0.506 e. The van der Waals surface area contributed by atoms with E-state index < -0.39 is 29.4 Å². The number of anilines is 1. The van der Waals surface area contributed by atoms with Crippen LogP contribution in [0.15, 0.2) is 36.4 Å². The minimum atomic E-state index is -0.870. The molecule has 24 heavy (non-hydrogen) atoms. The zero-order valence-electron chi connectivity index (χ0n) is 12.6. The number of rotatable bonds is 3. The molecule has 0 aromatic heterocycles. The second-order valence-electron chi connectivity index (χ2n) is 5.28. The quantitative estimate of drug-likeness (QED) is 0.844. The second kappa shape index (κ2) is 6.94. The topological polar surface area (TPSA) is 67.8 Å². The maximum atomic E-state index is 13.7. The Morgan fingerprint density at radius 3 is 2.62 bits per heavy atom. The summed E-state index contributed by atoms with van der Waals surface area (Å²) >= 11 is 0. The minimum absolute atomic E-state index is 0.0546. The number of carbonyl (C=O) groups excluding carboxylic acids is 1. The Morgan fingerprint density at radius 2 is 1.88 bits per heavy atom. The van der Waals surface area contributed by atoms with Crippen molar-refractivity contribution in [2.45, 2.75) is 12.7 Å². The third-order valence-corrected chi connectivity index (χ3v) is 3.54. The molecule has 3 rings (SSSR count). The van der Waals surface area contributed by atoms with Crippen LogP contribution in [0.2, 0.25) is 0 Å². The number of phenols is 1. The number of halogens is 2. The fourth-order valence-electron chi connectivity index (χ4n) is 2.34. The molecule has 126 valence electrons. The summed E-state index contributed by atoms with van der Waals surface area (Å²) in [6.07, 6.45) is 0.192. The van der Waals surface area contributed by atoms with Gasteiger partial charge >= 0.3 is 0 Å². The molecule has 1 heterocycles. The van der Waals surface area contributed by atoms with E-state index in [1.54, 1.807) is 6.07 Å². The van der Waals surface area contributed by atoms with Crippen molar-refractivity contribution in [3.05, 3.63) is 59.2 Å². The maximum absolute atomic E-state index is 13.7. The average molecular weight is 335 g/mol. The van der Waals surface area contributed by atoms with Crippen molar-refractivity contribution < 1.29 is 28.2 Å². The number of ether oxygens (including phenoxy) is 2. The third-order valence-electron chi connectivity index (χ3n) is 3.54. The minimum Gasteiger partial charge on any atom is -0.506 e. The Bertz CT molecular complexity index is 760. The highest BCUT2D eigenvalue weighted by Gasteiger charge is 2.19. The van der Waals surface area contributed by atoms with Gasteiger partial charge in [0.15, 0.2) is 6.29 Å². The SMILES string of the molecule is O=C(Nc1cc(C2OCCCO2)ccc1O)c1cc(F)ccc1F. The molecule has 1 amide bonds. The Hall–Kier alpha value is -2.51. The number of hydrogen-bond donors (Lipinski definition) is 2. The lowest BCUT2D eigenvalue weighted by molar-refractivity contribution is -0.183. The maximum Gasteiger partial charge on any atom is 0.258 e. The summed E-state index contributed by atoms with van der Waals surface area (Å²) < 4.78 is 37.8. The standard InChI is InChI=1S/C17H15F2NO4/c18-11-3-4-13(19)12(9-11)16(22)20-14-8-10(2-5-15(14)21)17-23-6-1-7-24-17/h2-5,8-9,17,21H,1,6-7H2,(H,20,22). The zero-order chi connectivity index (χ0) is 17.1. The van der Waals surface area contributed by atoms with E-state index in [9.17, 15) is 18.7 Å². The molecule has 0 atom stereocenters. The van der Waals surface area contributed by atoms with Crippen LogP contribution >= 0.6 is 0 Å². The molecule has 0 saturated carbocycles. The first-order valence-electron chi connectivity index (χ1n) is 7.37. The summed E-state index contributed by atoms with van der Waals surface area (Å²) in [4.78, 5) is 12.1. The number of hydrogen-bond acceptors (Lipinski definition) is 4. The van der Waals surface area contributed by atoms with Crippen LogP contribution in [-0.4, -0.2) is 24.2 Å². The molecule has 7 heteroatoms. The summed E-state index contributed by atoms with van der Waals surface area (Å²) in [6.45, 7) is 1.09. The fourth-order valence-corrected chi connectivity index (χ4v) is 2.34. The van der Waals surface area contributed by atoms with E-state index in [0.717, 1.165) is 24.6 Å². The molecule has 0 spiro atoms. The highest BCUT2D eigenvalue weighted by molar-refractivity contribution is 6.05. The molecule has 0 aliphatic carbocycles. The van der Waals surface area contributed by atoms with Gasteiger partial charge in [0.05, 0.1) is 24.5 Å². The highest BCUT2D eigenvalue weighted by atomic mass is 19.1. The van der Waals surface area contributed by atoms with Gasteiger partial charge in [0.25, 0.3) is 5.91 Å². The molecule has 5 nitrogen and oxygen atoms in total. The van der Waals surface area contributed by atoms with Gasteiger partial charge in [-0.25, -0.2) is 8.78 Å². The van der Waals surface area contributed by atoms with Crippen LogP contribution in [0.25, 0.3) is 0 Å². The summed E-state index contributed by atoms with van der Waals surface area (Å²) in [5, 5.41) is 12.3.